The molecule has 2 aliphatic rings. The molecule has 1 amide bonds. The molecule has 1 N–H and O–H groups in total. The van der Waals surface area contributed by atoms with Crippen LogP contribution in [-0.2, 0) is 4.79 Å². The Hall–Kier alpha value is -1.92. The molecule has 0 radical (unpaired) electrons. The number of ether oxygens (including phenoxy) is 1. The number of furan rings is 1. The van der Waals surface area contributed by atoms with Crippen molar-refractivity contribution in [2.45, 2.75) is 49.0 Å². The zero-order valence-corrected chi connectivity index (χ0v) is 17.0. The van der Waals surface area contributed by atoms with Crippen molar-refractivity contribution in [2.75, 3.05) is 19.4 Å². The number of hydrogen-bond donors (Lipinski definition) is 1. The molecule has 4 rings (SSSR count). The van der Waals surface area contributed by atoms with Gasteiger partial charge in [0.2, 0.25) is 5.91 Å². The standard InChI is InChI=1S/C22H27NO4S/c1-26-17-9-7-16(8-10-17)18(22(25)11-3-2-4-12-22)14-23-20(24)15-28-21(23)19-6-5-13-27-19/h5-10,13,18,21,25H,2-4,11-12,14-15H2,1H3. The molecule has 1 aliphatic heterocycles. The minimum Gasteiger partial charge on any atom is -0.497 e. The lowest BCUT2D eigenvalue weighted by Gasteiger charge is -2.42. The van der Waals surface area contributed by atoms with Crippen molar-refractivity contribution >= 4 is 17.7 Å². The molecule has 0 spiro atoms. The number of benzene rings is 1. The molecule has 1 aliphatic carbocycles. The van der Waals surface area contributed by atoms with Crippen LogP contribution >= 0.6 is 11.8 Å². The maximum atomic E-state index is 12.7. The van der Waals surface area contributed by atoms with E-state index in [2.05, 4.69) is 0 Å². The monoisotopic (exact) mass is 401 g/mol. The lowest BCUT2D eigenvalue weighted by Crippen LogP contribution is -2.45. The maximum Gasteiger partial charge on any atom is 0.233 e. The Kier molecular flexibility index (Phi) is 5.69. The normalized spacial score (nSPS) is 23.0. The molecule has 6 heteroatoms. The van der Waals surface area contributed by atoms with Crippen molar-refractivity contribution in [1.82, 2.24) is 4.90 Å². The number of hydrogen-bond acceptors (Lipinski definition) is 5. The Morgan fingerprint density at radius 2 is 2.00 bits per heavy atom. The molecule has 2 atom stereocenters. The van der Waals surface area contributed by atoms with Crippen molar-refractivity contribution in [2.24, 2.45) is 0 Å². The summed E-state index contributed by atoms with van der Waals surface area (Å²) in [5.74, 6) is 1.99. The third kappa shape index (κ3) is 3.80. The molecular weight excluding hydrogens is 374 g/mol. The van der Waals surface area contributed by atoms with Gasteiger partial charge >= 0.3 is 0 Å². The second kappa shape index (κ2) is 8.21. The first-order valence-corrected chi connectivity index (χ1v) is 11.0. The number of rotatable bonds is 6. The van der Waals surface area contributed by atoms with Crippen molar-refractivity contribution < 1.29 is 19.1 Å². The van der Waals surface area contributed by atoms with Crippen molar-refractivity contribution in [3.63, 3.8) is 0 Å². The van der Waals surface area contributed by atoms with Crippen LogP contribution in [0.1, 0.15) is 54.7 Å². The summed E-state index contributed by atoms with van der Waals surface area (Å²) in [6, 6.07) is 11.7. The van der Waals surface area contributed by atoms with E-state index in [4.69, 9.17) is 9.15 Å². The second-order valence-corrected chi connectivity index (χ2v) is 8.78. The summed E-state index contributed by atoms with van der Waals surface area (Å²) in [6.45, 7) is 0.486. The predicted octanol–water partition coefficient (Wildman–Crippen LogP) is 4.34. The number of carbonyl (C=O) groups excluding carboxylic acids is 1. The molecule has 1 saturated heterocycles. The number of thioether (sulfide) groups is 1. The molecule has 1 aromatic heterocycles. The SMILES string of the molecule is COc1ccc(C(CN2C(=O)CSC2c2ccco2)C2(O)CCCCC2)cc1. The summed E-state index contributed by atoms with van der Waals surface area (Å²) in [4.78, 5) is 14.6. The fourth-order valence-corrected chi connectivity index (χ4v) is 5.60. The number of aliphatic hydroxyl groups is 1. The quantitative estimate of drug-likeness (QED) is 0.780. The van der Waals surface area contributed by atoms with E-state index in [-0.39, 0.29) is 17.2 Å². The fourth-order valence-electron chi connectivity index (χ4n) is 4.45. The molecule has 2 aromatic rings. The van der Waals surface area contributed by atoms with E-state index in [1.807, 2.05) is 41.3 Å². The average molecular weight is 402 g/mol. The van der Waals surface area contributed by atoms with Gasteiger partial charge in [-0.15, -0.1) is 11.8 Å². The minimum atomic E-state index is -0.798. The van der Waals surface area contributed by atoms with E-state index < -0.39 is 5.60 Å². The van der Waals surface area contributed by atoms with Crippen molar-refractivity contribution in [1.29, 1.82) is 0 Å². The molecule has 28 heavy (non-hydrogen) atoms. The molecule has 2 heterocycles. The van der Waals surface area contributed by atoms with E-state index in [1.165, 1.54) is 0 Å². The Labute approximate surface area is 170 Å². The Morgan fingerprint density at radius 3 is 2.64 bits per heavy atom. The summed E-state index contributed by atoms with van der Waals surface area (Å²) < 4.78 is 10.9. The summed E-state index contributed by atoms with van der Waals surface area (Å²) in [5.41, 5.74) is 0.252. The van der Waals surface area contributed by atoms with Crippen LogP contribution in [0.15, 0.2) is 47.1 Å². The van der Waals surface area contributed by atoms with E-state index in [9.17, 15) is 9.90 Å². The lowest BCUT2D eigenvalue weighted by molar-refractivity contribution is -0.129. The van der Waals surface area contributed by atoms with Gasteiger partial charge in [0.15, 0.2) is 0 Å². The number of carbonyl (C=O) groups is 1. The maximum absolute atomic E-state index is 12.7. The van der Waals surface area contributed by atoms with Gasteiger partial charge in [0.25, 0.3) is 0 Å². The minimum absolute atomic E-state index is 0.101. The van der Waals surface area contributed by atoms with Crippen LogP contribution < -0.4 is 4.74 Å². The molecule has 5 nitrogen and oxygen atoms in total. The van der Waals surface area contributed by atoms with Crippen LogP contribution in [0.3, 0.4) is 0 Å². The van der Waals surface area contributed by atoms with E-state index in [0.29, 0.717) is 12.3 Å². The first-order chi connectivity index (χ1) is 13.6. The Balaban J connectivity index is 1.65. The van der Waals surface area contributed by atoms with E-state index >= 15 is 0 Å². The van der Waals surface area contributed by atoms with Crippen LogP contribution in [0, 0.1) is 0 Å². The smallest absolute Gasteiger partial charge is 0.233 e. The highest BCUT2D eigenvalue weighted by Crippen LogP contribution is 2.45. The third-order valence-corrected chi connectivity index (χ3v) is 7.24. The fraction of sp³-hybridized carbons (Fsp3) is 0.500. The summed E-state index contributed by atoms with van der Waals surface area (Å²) in [5, 5.41) is 11.4. The van der Waals surface area contributed by atoms with Crippen LogP contribution in [0.4, 0.5) is 0 Å². The van der Waals surface area contributed by atoms with Gasteiger partial charge in [-0.05, 0) is 42.7 Å². The molecule has 1 saturated carbocycles. The van der Waals surface area contributed by atoms with Gasteiger partial charge in [-0.25, -0.2) is 0 Å². The third-order valence-electron chi connectivity index (χ3n) is 6.02. The largest absolute Gasteiger partial charge is 0.497 e. The van der Waals surface area contributed by atoms with Crippen LogP contribution in [-0.4, -0.2) is 40.9 Å². The van der Waals surface area contributed by atoms with Gasteiger partial charge < -0.3 is 19.2 Å². The lowest BCUT2D eigenvalue weighted by atomic mass is 9.72. The molecular formula is C22H27NO4S. The summed E-state index contributed by atoms with van der Waals surface area (Å²) in [6.07, 6.45) is 6.38. The highest BCUT2D eigenvalue weighted by molar-refractivity contribution is 8.00. The molecule has 150 valence electrons. The highest BCUT2D eigenvalue weighted by Gasteiger charge is 2.43. The Morgan fingerprint density at radius 1 is 1.25 bits per heavy atom. The molecule has 0 bridgehead atoms. The van der Waals surface area contributed by atoms with Gasteiger partial charge in [0.05, 0.1) is 24.7 Å². The van der Waals surface area contributed by atoms with Crippen molar-refractivity contribution in [3.05, 3.63) is 54.0 Å². The van der Waals surface area contributed by atoms with E-state index in [0.717, 1.165) is 49.2 Å². The second-order valence-electron chi connectivity index (χ2n) is 7.71. The highest BCUT2D eigenvalue weighted by atomic mass is 32.2. The predicted molar refractivity (Wildman–Crippen MR) is 109 cm³/mol. The number of methoxy groups -OCH3 is 1. The van der Waals surface area contributed by atoms with Crippen LogP contribution in [0.25, 0.3) is 0 Å². The summed E-state index contributed by atoms with van der Waals surface area (Å²) in [7, 11) is 1.65. The molecule has 1 aromatic carbocycles. The first kappa shape index (κ1) is 19.4. The number of nitrogens with zero attached hydrogens (tertiary/aromatic N) is 1. The first-order valence-electron chi connectivity index (χ1n) is 9.91. The number of amides is 1. The molecule has 2 fully saturated rings. The van der Waals surface area contributed by atoms with Gasteiger partial charge in [-0.3, -0.25) is 4.79 Å². The topological polar surface area (TPSA) is 62.9 Å². The van der Waals surface area contributed by atoms with Crippen LogP contribution in [0.2, 0.25) is 0 Å². The van der Waals surface area contributed by atoms with Gasteiger partial charge in [-0.2, -0.15) is 0 Å². The zero-order chi connectivity index (χ0) is 19.6. The zero-order valence-electron chi connectivity index (χ0n) is 16.2. The van der Waals surface area contributed by atoms with Gasteiger partial charge in [-0.1, -0.05) is 31.4 Å². The van der Waals surface area contributed by atoms with Gasteiger partial charge in [0, 0.05) is 12.5 Å². The van der Waals surface area contributed by atoms with E-state index in [1.54, 1.807) is 25.1 Å². The van der Waals surface area contributed by atoms with Crippen LogP contribution in [0.5, 0.6) is 5.75 Å². The molecule has 2 unspecified atom stereocenters. The van der Waals surface area contributed by atoms with Gasteiger partial charge in [0.1, 0.15) is 16.9 Å². The summed E-state index contributed by atoms with van der Waals surface area (Å²) >= 11 is 1.59. The Bertz CT molecular complexity index is 783. The van der Waals surface area contributed by atoms with Crippen molar-refractivity contribution in [3.8, 4) is 5.75 Å². The average Bonchev–Trinajstić information content (AvgIpc) is 3.36.